The van der Waals surface area contributed by atoms with Gasteiger partial charge in [-0.3, -0.25) is 14.8 Å². The van der Waals surface area contributed by atoms with E-state index < -0.39 is 5.60 Å². The Kier molecular flexibility index (Phi) is 8.34. The number of allylic oxidation sites excluding steroid dienone is 1. The lowest BCUT2D eigenvalue weighted by Crippen LogP contribution is -2.44. The zero-order valence-electron chi connectivity index (χ0n) is 22.7. The van der Waals surface area contributed by atoms with Gasteiger partial charge >= 0.3 is 6.09 Å². The van der Waals surface area contributed by atoms with Gasteiger partial charge in [0.25, 0.3) is 5.91 Å². The molecule has 2 aromatic rings. The average Bonchev–Trinajstić information content (AvgIpc) is 3.69. The monoisotopic (exact) mass is 518 g/mol. The van der Waals surface area contributed by atoms with E-state index in [4.69, 9.17) is 10.5 Å². The third-order valence-corrected chi connectivity index (χ3v) is 6.50. The molecule has 2 fully saturated rings. The number of benzene rings is 1. The largest absolute Gasteiger partial charge is 0.444 e. The Balaban J connectivity index is 1.37. The number of anilines is 1. The molecule has 202 valence electrons. The van der Waals surface area contributed by atoms with Gasteiger partial charge in [-0.05, 0) is 82.7 Å². The second kappa shape index (κ2) is 11.7. The molecule has 4 N–H and O–H groups in total. The molecule has 1 aliphatic carbocycles. The first-order valence-electron chi connectivity index (χ1n) is 13.2. The molecule has 1 aromatic heterocycles. The maximum atomic E-state index is 12.5. The van der Waals surface area contributed by atoms with E-state index in [0.717, 1.165) is 48.1 Å². The number of carbonyl (C=O) groups excluding carboxylic acids is 2. The quantitative estimate of drug-likeness (QED) is 0.453. The number of amides is 2. The molecule has 0 bridgehead atoms. The van der Waals surface area contributed by atoms with Crippen molar-refractivity contribution in [2.75, 3.05) is 18.4 Å². The second-order valence-corrected chi connectivity index (χ2v) is 11.0. The highest BCUT2D eigenvalue weighted by Crippen LogP contribution is 2.24. The molecule has 2 heterocycles. The Hall–Kier alpha value is -3.88. The smallest absolute Gasteiger partial charge is 0.410 e. The van der Waals surface area contributed by atoms with Gasteiger partial charge in [-0.1, -0.05) is 6.07 Å². The molecule has 1 aromatic carbocycles. The lowest BCUT2D eigenvalue weighted by Gasteiger charge is -2.34. The van der Waals surface area contributed by atoms with E-state index in [1.165, 1.54) is 6.20 Å². The number of hydrogen-bond donors (Lipinski definition) is 3. The third-order valence-electron chi connectivity index (χ3n) is 6.50. The van der Waals surface area contributed by atoms with Crippen LogP contribution in [0.25, 0.3) is 5.57 Å². The van der Waals surface area contributed by atoms with Gasteiger partial charge in [-0.25, -0.2) is 4.79 Å². The highest BCUT2D eigenvalue weighted by Gasteiger charge is 2.27. The first-order chi connectivity index (χ1) is 18.1. The van der Waals surface area contributed by atoms with Crippen LogP contribution in [0.4, 0.5) is 16.2 Å². The fraction of sp³-hybridized carbons (Fsp3) is 0.448. The number of piperidine rings is 1. The van der Waals surface area contributed by atoms with E-state index in [0.29, 0.717) is 30.4 Å². The summed E-state index contributed by atoms with van der Waals surface area (Å²) >= 11 is 0. The molecular formula is C29H38N6O3. The van der Waals surface area contributed by atoms with Crippen molar-refractivity contribution in [1.29, 1.82) is 0 Å². The first kappa shape index (κ1) is 27.2. The number of nitrogens with zero attached hydrogens (tertiary/aromatic N) is 3. The van der Waals surface area contributed by atoms with Gasteiger partial charge in [0, 0.05) is 48.7 Å². The van der Waals surface area contributed by atoms with Crippen LogP contribution < -0.4 is 16.4 Å². The molecular weight excluding hydrogens is 480 g/mol. The molecule has 9 heteroatoms. The molecule has 0 spiro atoms. The van der Waals surface area contributed by atoms with Crippen molar-refractivity contribution in [2.45, 2.75) is 71.1 Å². The van der Waals surface area contributed by atoms with E-state index in [-0.39, 0.29) is 18.0 Å². The number of likely N-dealkylation sites (tertiary alicyclic amines) is 1. The van der Waals surface area contributed by atoms with Gasteiger partial charge in [0.15, 0.2) is 0 Å². The molecule has 1 aliphatic heterocycles. The predicted molar refractivity (Wildman–Crippen MR) is 151 cm³/mol. The van der Waals surface area contributed by atoms with Gasteiger partial charge in [-0.2, -0.15) is 0 Å². The van der Waals surface area contributed by atoms with E-state index in [1.54, 1.807) is 23.5 Å². The molecule has 2 aliphatic rings. The minimum Gasteiger partial charge on any atom is -0.444 e. The van der Waals surface area contributed by atoms with Crippen molar-refractivity contribution >= 4 is 35.2 Å². The molecule has 4 rings (SSSR count). The summed E-state index contributed by atoms with van der Waals surface area (Å²) in [5.41, 5.74) is 10.2. The van der Waals surface area contributed by atoms with Gasteiger partial charge in [0.05, 0.1) is 23.8 Å². The molecule has 38 heavy (non-hydrogen) atoms. The lowest BCUT2D eigenvalue weighted by molar-refractivity contribution is 0.0210. The third kappa shape index (κ3) is 7.57. The number of nitrogens with two attached hydrogens (primary N) is 1. The molecule has 0 atom stereocenters. The summed E-state index contributed by atoms with van der Waals surface area (Å²) in [5, 5.41) is 6.54. The van der Waals surface area contributed by atoms with Crippen LogP contribution in [0, 0.1) is 6.92 Å². The van der Waals surface area contributed by atoms with Crippen LogP contribution in [0.1, 0.15) is 67.9 Å². The van der Waals surface area contributed by atoms with Crippen LogP contribution in [-0.4, -0.2) is 58.9 Å². The minimum atomic E-state index is -0.496. The molecule has 0 unspecified atom stereocenters. The van der Waals surface area contributed by atoms with Crippen LogP contribution >= 0.6 is 0 Å². The SMILES string of the molecule is Cc1ccc(C(=O)NC2CC2)cc1C(C=Nc1cncc(NC2CCN(C(=O)OC(C)(C)C)CC2)c1)=CN. The van der Waals surface area contributed by atoms with Crippen LogP contribution in [-0.2, 0) is 4.74 Å². The topological polar surface area (TPSA) is 122 Å². The van der Waals surface area contributed by atoms with Crippen molar-refractivity contribution in [1.82, 2.24) is 15.2 Å². The summed E-state index contributed by atoms with van der Waals surface area (Å²) in [5.74, 6) is -0.0676. The number of aryl methyl sites for hydroxylation is 1. The number of hydrogen-bond acceptors (Lipinski definition) is 7. The number of nitrogens with one attached hydrogen (secondary N) is 2. The highest BCUT2D eigenvalue weighted by molar-refractivity contribution is 6.11. The average molecular weight is 519 g/mol. The number of pyridine rings is 1. The van der Waals surface area contributed by atoms with E-state index in [1.807, 2.05) is 52.0 Å². The van der Waals surface area contributed by atoms with Gasteiger partial charge in [0.1, 0.15) is 5.60 Å². The Labute approximate surface area is 224 Å². The summed E-state index contributed by atoms with van der Waals surface area (Å²) in [7, 11) is 0. The zero-order chi connectivity index (χ0) is 27.3. The Morgan fingerprint density at radius 2 is 1.84 bits per heavy atom. The number of aromatic nitrogens is 1. The van der Waals surface area contributed by atoms with Crippen LogP contribution in [0.2, 0.25) is 0 Å². The van der Waals surface area contributed by atoms with Crippen LogP contribution in [0.5, 0.6) is 0 Å². The number of aliphatic imine (C=N–C) groups is 1. The summed E-state index contributed by atoms with van der Waals surface area (Å²) in [6, 6.07) is 8.07. The Morgan fingerprint density at radius 1 is 1.11 bits per heavy atom. The van der Waals surface area contributed by atoms with E-state index in [2.05, 4.69) is 20.6 Å². The van der Waals surface area contributed by atoms with Crippen LogP contribution in [0.15, 0.2) is 47.9 Å². The van der Waals surface area contributed by atoms with Crippen molar-refractivity contribution in [2.24, 2.45) is 10.7 Å². The van der Waals surface area contributed by atoms with E-state index in [9.17, 15) is 9.59 Å². The van der Waals surface area contributed by atoms with Gasteiger partial charge in [0.2, 0.25) is 0 Å². The zero-order valence-corrected chi connectivity index (χ0v) is 22.7. The maximum Gasteiger partial charge on any atom is 0.410 e. The molecule has 9 nitrogen and oxygen atoms in total. The molecule has 2 amide bonds. The minimum absolute atomic E-state index is 0.0676. The van der Waals surface area contributed by atoms with Crippen molar-refractivity contribution in [3.8, 4) is 0 Å². The fourth-order valence-corrected chi connectivity index (χ4v) is 4.26. The number of ether oxygens (including phenoxy) is 1. The molecule has 1 saturated carbocycles. The van der Waals surface area contributed by atoms with Crippen molar-refractivity contribution in [3.05, 3.63) is 59.5 Å². The summed E-state index contributed by atoms with van der Waals surface area (Å²) in [6.07, 6.45) is 10.1. The second-order valence-electron chi connectivity index (χ2n) is 11.0. The fourth-order valence-electron chi connectivity index (χ4n) is 4.26. The highest BCUT2D eigenvalue weighted by atomic mass is 16.6. The Bertz CT molecular complexity index is 1220. The first-order valence-corrected chi connectivity index (χ1v) is 13.2. The number of rotatable bonds is 7. The maximum absolute atomic E-state index is 12.5. The summed E-state index contributed by atoms with van der Waals surface area (Å²) in [6.45, 7) is 8.89. The molecule has 0 radical (unpaired) electrons. The lowest BCUT2D eigenvalue weighted by atomic mass is 9.98. The Morgan fingerprint density at radius 3 is 2.50 bits per heavy atom. The standard InChI is InChI=1S/C29H38N6O3/c1-19-5-6-20(27(36)34-22-7-8-22)13-26(19)21(15-30)16-32-24-14-25(18-31-17-24)33-23-9-11-35(12-10-23)28(37)38-29(2,3)4/h5-6,13-18,22-23,33H,7-12,30H2,1-4H3,(H,34,36). The van der Waals surface area contributed by atoms with Gasteiger partial charge in [-0.15, -0.1) is 0 Å². The summed E-state index contributed by atoms with van der Waals surface area (Å²) in [4.78, 5) is 35.5. The van der Waals surface area contributed by atoms with Crippen LogP contribution in [0.3, 0.4) is 0 Å². The van der Waals surface area contributed by atoms with Crippen molar-refractivity contribution < 1.29 is 14.3 Å². The van der Waals surface area contributed by atoms with Gasteiger partial charge < -0.3 is 26.0 Å². The predicted octanol–water partition coefficient (Wildman–Crippen LogP) is 4.80. The summed E-state index contributed by atoms with van der Waals surface area (Å²) < 4.78 is 5.48. The molecule has 1 saturated heterocycles. The normalized spacial score (nSPS) is 16.9. The van der Waals surface area contributed by atoms with Crippen molar-refractivity contribution in [3.63, 3.8) is 0 Å². The number of carbonyl (C=O) groups is 2. The van der Waals surface area contributed by atoms with E-state index >= 15 is 0 Å².